The van der Waals surface area contributed by atoms with E-state index in [1.165, 1.54) is 12.8 Å². The molecule has 2 aromatic rings. The van der Waals surface area contributed by atoms with Crippen molar-refractivity contribution in [3.63, 3.8) is 0 Å². The second-order valence-corrected chi connectivity index (χ2v) is 7.57. The number of nitrogens with zero attached hydrogens (tertiary/aromatic N) is 2. The van der Waals surface area contributed by atoms with Crippen LogP contribution in [0.1, 0.15) is 19.8 Å². The smallest absolute Gasteiger partial charge is 0.314 e. The first kappa shape index (κ1) is 19.7. The molecule has 0 saturated carbocycles. The summed E-state index contributed by atoms with van der Waals surface area (Å²) in [5.41, 5.74) is 3.36. The standard InChI is InChI=1S/C22H28N4O2/c1-16-12-14-26(15-13-16)20-10-6-18(7-11-20)24-22(28)21(27)23-17-4-8-19(9-5-17)25(2)3/h4-11,16H,12-15H2,1-3H3,(H,23,27)(H,24,28). The first-order valence-corrected chi connectivity index (χ1v) is 9.67. The summed E-state index contributed by atoms with van der Waals surface area (Å²) in [6.07, 6.45) is 2.41. The van der Waals surface area contributed by atoms with Crippen LogP contribution in [0.2, 0.25) is 0 Å². The van der Waals surface area contributed by atoms with Gasteiger partial charge in [0.25, 0.3) is 0 Å². The minimum Gasteiger partial charge on any atom is -0.378 e. The topological polar surface area (TPSA) is 64.7 Å². The molecule has 6 nitrogen and oxygen atoms in total. The number of carbonyl (C=O) groups excluding carboxylic acids is 2. The predicted octanol–water partition coefficient (Wildman–Crippen LogP) is 3.57. The van der Waals surface area contributed by atoms with Crippen molar-refractivity contribution in [1.82, 2.24) is 0 Å². The molecule has 2 N–H and O–H groups in total. The molecular formula is C22H28N4O2. The van der Waals surface area contributed by atoms with E-state index < -0.39 is 11.8 Å². The van der Waals surface area contributed by atoms with E-state index in [2.05, 4.69) is 22.5 Å². The molecule has 2 amide bonds. The van der Waals surface area contributed by atoms with Gasteiger partial charge in [-0.25, -0.2) is 0 Å². The third-order valence-corrected chi connectivity index (χ3v) is 5.12. The van der Waals surface area contributed by atoms with Gasteiger partial charge in [0, 0.05) is 49.9 Å². The van der Waals surface area contributed by atoms with E-state index in [1.54, 1.807) is 12.1 Å². The lowest BCUT2D eigenvalue weighted by Gasteiger charge is -2.32. The number of benzene rings is 2. The molecule has 0 bridgehead atoms. The molecule has 0 unspecified atom stereocenters. The zero-order valence-corrected chi connectivity index (χ0v) is 16.7. The Hall–Kier alpha value is -3.02. The Morgan fingerprint density at radius 2 is 1.32 bits per heavy atom. The van der Waals surface area contributed by atoms with Gasteiger partial charge in [-0.2, -0.15) is 0 Å². The van der Waals surface area contributed by atoms with E-state index in [9.17, 15) is 9.59 Å². The molecule has 1 fully saturated rings. The molecule has 0 radical (unpaired) electrons. The number of hydrogen-bond donors (Lipinski definition) is 2. The van der Waals surface area contributed by atoms with Crippen molar-refractivity contribution in [2.24, 2.45) is 5.92 Å². The first-order valence-electron chi connectivity index (χ1n) is 9.67. The number of rotatable bonds is 4. The second-order valence-electron chi connectivity index (χ2n) is 7.57. The van der Waals surface area contributed by atoms with Crippen LogP contribution in [0.5, 0.6) is 0 Å². The van der Waals surface area contributed by atoms with Gasteiger partial charge in [-0.3, -0.25) is 9.59 Å². The van der Waals surface area contributed by atoms with Gasteiger partial charge in [0.2, 0.25) is 0 Å². The number of piperidine rings is 1. The Morgan fingerprint density at radius 1 is 0.857 bits per heavy atom. The lowest BCUT2D eigenvalue weighted by Crippen LogP contribution is -2.32. The van der Waals surface area contributed by atoms with Crippen LogP contribution in [0.15, 0.2) is 48.5 Å². The lowest BCUT2D eigenvalue weighted by atomic mass is 9.99. The van der Waals surface area contributed by atoms with Crippen molar-refractivity contribution in [3.8, 4) is 0 Å². The Kier molecular flexibility index (Phi) is 6.19. The van der Waals surface area contributed by atoms with Crippen molar-refractivity contribution in [1.29, 1.82) is 0 Å². The zero-order chi connectivity index (χ0) is 20.1. The monoisotopic (exact) mass is 380 g/mol. The average molecular weight is 380 g/mol. The Labute approximate surface area is 166 Å². The molecule has 28 heavy (non-hydrogen) atoms. The van der Waals surface area contributed by atoms with Gasteiger partial charge in [0.1, 0.15) is 0 Å². The van der Waals surface area contributed by atoms with Crippen LogP contribution in [0.4, 0.5) is 22.7 Å². The molecule has 1 aliphatic heterocycles. The number of nitrogens with one attached hydrogen (secondary N) is 2. The van der Waals surface area contributed by atoms with E-state index in [0.717, 1.165) is 30.4 Å². The van der Waals surface area contributed by atoms with E-state index in [0.29, 0.717) is 11.4 Å². The Bertz CT molecular complexity index is 807. The summed E-state index contributed by atoms with van der Waals surface area (Å²) in [6.45, 7) is 4.40. The Balaban J connectivity index is 1.54. The molecule has 0 atom stereocenters. The SMILES string of the molecule is CC1CCN(c2ccc(NC(=O)C(=O)Nc3ccc(N(C)C)cc3)cc2)CC1. The number of hydrogen-bond acceptors (Lipinski definition) is 4. The molecule has 0 aliphatic carbocycles. The van der Waals surface area contributed by atoms with Crippen LogP contribution >= 0.6 is 0 Å². The van der Waals surface area contributed by atoms with Crippen molar-refractivity contribution in [3.05, 3.63) is 48.5 Å². The molecule has 1 heterocycles. The van der Waals surface area contributed by atoms with Gasteiger partial charge >= 0.3 is 11.8 Å². The highest BCUT2D eigenvalue weighted by atomic mass is 16.2. The molecule has 0 aromatic heterocycles. The van der Waals surface area contributed by atoms with Crippen molar-refractivity contribution < 1.29 is 9.59 Å². The summed E-state index contributed by atoms with van der Waals surface area (Å²) in [5.74, 6) is -0.588. The highest BCUT2D eigenvalue weighted by Gasteiger charge is 2.17. The van der Waals surface area contributed by atoms with E-state index >= 15 is 0 Å². The summed E-state index contributed by atoms with van der Waals surface area (Å²) in [6, 6.07) is 15.0. The van der Waals surface area contributed by atoms with E-state index in [4.69, 9.17) is 0 Å². The van der Waals surface area contributed by atoms with Gasteiger partial charge in [-0.05, 0) is 67.3 Å². The second kappa shape index (κ2) is 8.78. The molecule has 148 valence electrons. The highest BCUT2D eigenvalue weighted by Crippen LogP contribution is 2.24. The molecule has 1 saturated heterocycles. The van der Waals surface area contributed by atoms with Gasteiger partial charge in [-0.15, -0.1) is 0 Å². The first-order chi connectivity index (χ1) is 13.4. The number of amides is 2. The van der Waals surface area contributed by atoms with Gasteiger partial charge in [0.05, 0.1) is 0 Å². The number of anilines is 4. The fraction of sp³-hybridized carbons (Fsp3) is 0.364. The molecule has 1 aliphatic rings. The lowest BCUT2D eigenvalue weighted by molar-refractivity contribution is -0.132. The van der Waals surface area contributed by atoms with Crippen LogP contribution in [-0.4, -0.2) is 39.0 Å². The largest absolute Gasteiger partial charge is 0.378 e. The van der Waals surface area contributed by atoms with Gasteiger partial charge < -0.3 is 20.4 Å². The fourth-order valence-electron chi connectivity index (χ4n) is 3.24. The average Bonchev–Trinajstić information content (AvgIpc) is 2.69. The van der Waals surface area contributed by atoms with Crippen molar-refractivity contribution in [2.75, 3.05) is 47.6 Å². The summed E-state index contributed by atoms with van der Waals surface area (Å²) in [5, 5.41) is 5.27. The summed E-state index contributed by atoms with van der Waals surface area (Å²) >= 11 is 0. The normalized spacial score (nSPS) is 14.5. The third-order valence-electron chi connectivity index (χ3n) is 5.12. The Morgan fingerprint density at radius 3 is 1.79 bits per heavy atom. The minimum atomic E-state index is -0.688. The molecule has 3 rings (SSSR count). The summed E-state index contributed by atoms with van der Waals surface area (Å²) in [4.78, 5) is 28.6. The summed E-state index contributed by atoms with van der Waals surface area (Å²) < 4.78 is 0. The maximum Gasteiger partial charge on any atom is 0.314 e. The van der Waals surface area contributed by atoms with E-state index in [1.807, 2.05) is 55.4 Å². The highest BCUT2D eigenvalue weighted by molar-refractivity contribution is 6.43. The molecule has 2 aromatic carbocycles. The van der Waals surface area contributed by atoms with Crippen LogP contribution < -0.4 is 20.4 Å². The molecule has 0 spiro atoms. The van der Waals surface area contributed by atoms with Crippen LogP contribution in [0, 0.1) is 5.92 Å². The fourth-order valence-corrected chi connectivity index (χ4v) is 3.24. The van der Waals surface area contributed by atoms with Crippen LogP contribution in [0.25, 0.3) is 0 Å². The van der Waals surface area contributed by atoms with E-state index in [-0.39, 0.29) is 0 Å². The minimum absolute atomic E-state index is 0.584. The maximum absolute atomic E-state index is 12.2. The molecular weight excluding hydrogens is 352 g/mol. The van der Waals surface area contributed by atoms with Gasteiger partial charge in [0.15, 0.2) is 0 Å². The zero-order valence-electron chi connectivity index (χ0n) is 16.7. The van der Waals surface area contributed by atoms with Crippen molar-refractivity contribution >= 4 is 34.6 Å². The number of carbonyl (C=O) groups is 2. The van der Waals surface area contributed by atoms with Gasteiger partial charge in [-0.1, -0.05) is 6.92 Å². The third kappa shape index (κ3) is 5.03. The van der Waals surface area contributed by atoms with Crippen molar-refractivity contribution in [2.45, 2.75) is 19.8 Å². The molecule has 6 heteroatoms. The quantitative estimate of drug-likeness (QED) is 0.796. The summed E-state index contributed by atoms with van der Waals surface area (Å²) in [7, 11) is 3.89. The maximum atomic E-state index is 12.2. The van der Waals surface area contributed by atoms with Crippen LogP contribution in [-0.2, 0) is 9.59 Å². The predicted molar refractivity (Wildman–Crippen MR) is 115 cm³/mol. The van der Waals surface area contributed by atoms with Crippen LogP contribution in [0.3, 0.4) is 0 Å².